The van der Waals surface area contributed by atoms with Gasteiger partial charge in [0.05, 0.1) is 0 Å². The lowest BCUT2D eigenvalue weighted by Crippen LogP contribution is -2.57. The fourth-order valence-corrected chi connectivity index (χ4v) is 4.29. The van der Waals surface area contributed by atoms with Crippen LogP contribution in [0.2, 0.25) is 0 Å². The second-order valence-corrected chi connectivity index (χ2v) is 7.01. The van der Waals surface area contributed by atoms with Gasteiger partial charge in [0.25, 0.3) is 0 Å². The second kappa shape index (κ2) is 5.10. The molecule has 2 rings (SSSR count). The first-order valence-corrected chi connectivity index (χ1v) is 7.99. The normalized spacial score (nSPS) is 28.1. The van der Waals surface area contributed by atoms with Crippen LogP contribution in [0.5, 0.6) is 0 Å². The van der Waals surface area contributed by atoms with Gasteiger partial charge in [-0.25, -0.2) is 0 Å². The molecule has 2 fully saturated rings. The zero-order chi connectivity index (χ0) is 9.86. The summed E-state index contributed by atoms with van der Waals surface area (Å²) in [6.07, 6.45) is 4.17. The van der Waals surface area contributed by atoms with Gasteiger partial charge in [-0.05, 0) is 26.3 Å². The van der Waals surface area contributed by atoms with E-state index in [0.29, 0.717) is 5.54 Å². The molecule has 1 heterocycles. The van der Waals surface area contributed by atoms with Crippen LogP contribution in [-0.4, -0.2) is 48.6 Å². The van der Waals surface area contributed by atoms with Crippen molar-refractivity contribution in [3.63, 3.8) is 0 Å². The van der Waals surface area contributed by atoms with Crippen LogP contribution in [0.15, 0.2) is 0 Å². The van der Waals surface area contributed by atoms with Gasteiger partial charge in [0.15, 0.2) is 0 Å². The molecule has 1 saturated carbocycles. The fourth-order valence-electron chi connectivity index (χ4n) is 2.24. The van der Waals surface area contributed by atoms with Crippen LogP contribution in [0.1, 0.15) is 19.3 Å². The molecular formula is C10H20N2S2. The lowest BCUT2D eigenvalue weighted by molar-refractivity contribution is 0.125. The summed E-state index contributed by atoms with van der Waals surface area (Å²) in [5.74, 6) is 2.59. The topological polar surface area (TPSA) is 15.3 Å². The lowest BCUT2D eigenvalue weighted by Gasteiger charge is -2.45. The summed E-state index contributed by atoms with van der Waals surface area (Å²) in [6, 6.07) is 0. The van der Waals surface area contributed by atoms with Crippen molar-refractivity contribution in [3.05, 3.63) is 0 Å². The van der Waals surface area contributed by atoms with Gasteiger partial charge in [0, 0.05) is 36.7 Å². The van der Waals surface area contributed by atoms with E-state index in [4.69, 9.17) is 0 Å². The van der Waals surface area contributed by atoms with E-state index >= 15 is 0 Å². The van der Waals surface area contributed by atoms with Crippen molar-refractivity contribution in [2.45, 2.75) is 24.8 Å². The molecule has 0 aromatic carbocycles. The number of rotatable bonds is 3. The van der Waals surface area contributed by atoms with Crippen molar-refractivity contribution in [1.82, 2.24) is 10.2 Å². The van der Waals surface area contributed by atoms with Crippen LogP contribution >= 0.6 is 21.6 Å². The molecule has 0 bridgehead atoms. The summed E-state index contributed by atoms with van der Waals surface area (Å²) in [6.45, 7) is 3.83. The molecule has 0 aromatic rings. The molecule has 14 heavy (non-hydrogen) atoms. The van der Waals surface area contributed by atoms with Crippen molar-refractivity contribution in [2.24, 2.45) is 0 Å². The zero-order valence-electron chi connectivity index (χ0n) is 8.92. The van der Waals surface area contributed by atoms with Gasteiger partial charge in [-0.15, -0.1) is 0 Å². The molecule has 2 aliphatic rings. The Labute approximate surface area is 95.0 Å². The predicted octanol–water partition coefficient (Wildman–Crippen LogP) is 1.83. The Bertz CT molecular complexity index is 169. The van der Waals surface area contributed by atoms with Gasteiger partial charge in [-0.2, -0.15) is 0 Å². The molecular weight excluding hydrogens is 212 g/mol. The van der Waals surface area contributed by atoms with Gasteiger partial charge >= 0.3 is 0 Å². The smallest absolute Gasteiger partial charge is 0.0306 e. The van der Waals surface area contributed by atoms with E-state index in [-0.39, 0.29) is 0 Å². The molecule has 82 valence electrons. The maximum Gasteiger partial charge on any atom is 0.0306 e. The standard InChI is InChI=1S/C10H20N2S2/c1-11-10(3-2-4-10)9-12-5-7-13-14-8-6-12/h11H,2-9H2,1H3. The highest BCUT2D eigenvalue weighted by Crippen LogP contribution is 2.33. The summed E-state index contributed by atoms with van der Waals surface area (Å²) in [7, 11) is 6.19. The summed E-state index contributed by atoms with van der Waals surface area (Å²) in [4.78, 5) is 2.64. The second-order valence-electron chi connectivity index (χ2n) is 4.30. The molecule has 1 aliphatic heterocycles. The summed E-state index contributed by atoms with van der Waals surface area (Å²) in [5, 5.41) is 3.53. The molecule has 0 atom stereocenters. The van der Waals surface area contributed by atoms with Crippen LogP contribution in [-0.2, 0) is 0 Å². The first-order valence-electron chi connectivity index (χ1n) is 5.50. The molecule has 0 unspecified atom stereocenters. The predicted molar refractivity (Wildman–Crippen MR) is 67.0 cm³/mol. The largest absolute Gasteiger partial charge is 0.313 e. The Hall–Kier alpha value is 0.620. The van der Waals surface area contributed by atoms with Gasteiger partial charge in [0.1, 0.15) is 0 Å². The first kappa shape index (κ1) is 11.1. The van der Waals surface area contributed by atoms with E-state index in [1.165, 1.54) is 50.4 Å². The number of nitrogens with one attached hydrogen (secondary N) is 1. The molecule has 1 N–H and O–H groups in total. The summed E-state index contributed by atoms with van der Waals surface area (Å²) >= 11 is 0. The van der Waals surface area contributed by atoms with Crippen molar-refractivity contribution in [1.29, 1.82) is 0 Å². The average Bonchev–Trinajstić information content (AvgIpc) is 2.39. The third-order valence-corrected chi connectivity index (χ3v) is 5.80. The van der Waals surface area contributed by atoms with Gasteiger partial charge < -0.3 is 5.32 Å². The molecule has 1 saturated heterocycles. The highest BCUT2D eigenvalue weighted by Gasteiger charge is 2.36. The maximum atomic E-state index is 3.53. The van der Waals surface area contributed by atoms with Crippen LogP contribution in [0.25, 0.3) is 0 Å². The Morgan fingerprint density at radius 1 is 1.21 bits per heavy atom. The Balaban J connectivity index is 1.82. The Morgan fingerprint density at radius 2 is 1.86 bits per heavy atom. The number of hydrogen-bond donors (Lipinski definition) is 1. The first-order chi connectivity index (χ1) is 6.85. The summed E-state index contributed by atoms with van der Waals surface area (Å²) < 4.78 is 0. The third kappa shape index (κ3) is 2.60. The molecule has 0 amide bonds. The van der Waals surface area contributed by atoms with E-state index in [0.717, 1.165) is 0 Å². The van der Waals surface area contributed by atoms with E-state index < -0.39 is 0 Å². The van der Waals surface area contributed by atoms with Crippen molar-refractivity contribution in [2.75, 3.05) is 38.2 Å². The Morgan fingerprint density at radius 3 is 2.29 bits per heavy atom. The SMILES string of the molecule is CNC1(CN2CCSSCC2)CCC1. The fraction of sp³-hybridized carbons (Fsp3) is 1.00. The molecule has 2 nitrogen and oxygen atoms in total. The Kier molecular flexibility index (Phi) is 4.05. The molecule has 0 spiro atoms. The minimum Gasteiger partial charge on any atom is -0.313 e. The van der Waals surface area contributed by atoms with Crippen molar-refractivity contribution in [3.8, 4) is 0 Å². The van der Waals surface area contributed by atoms with Gasteiger partial charge in [-0.1, -0.05) is 21.6 Å². The van der Waals surface area contributed by atoms with E-state index in [2.05, 4.69) is 17.3 Å². The van der Waals surface area contributed by atoms with Crippen LogP contribution in [0.4, 0.5) is 0 Å². The number of likely N-dealkylation sites (N-methyl/N-ethyl adjacent to an activating group) is 1. The minimum absolute atomic E-state index is 0.472. The van der Waals surface area contributed by atoms with Crippen LogP contribution in [0, 0.1) is 0 Å². The van der Waals surface area contributed by atoms with Crippen LogP contribution < -0.4 is 5.32 Å². The monoisotopic (exact) mass is 232 g/mol. The summed E-state index contributed by atoms with van der Waals surface area (Å²) in [5.41, 5.74) is 0.472. The van der Waals surface area contributed by atoms with Gasteiger partial charge in [-0.3, -0.25) is 4.90 Å². The number of hydrogen-bond acceptors (Lipinski definition) is 4. The van der Waals surface area contributed by atoms with E-state index in [9.17, 15) is 0 Å². The van der Waals surface area contributed by atoms with E-state index in [1.807, 2.05) is 21.6 Å². The molecule has 0 aromatic heterocycles. The highest BCUT2D eigenvalue weighted by atomic mass is 33.1. The van der Waals surface area contributed by atoms with Crippen molar-refractivity contribution >= 4 is 21.6 Å². The third-order valence-electron chi connectivity index (χ3n) is 3.43. The van der Waals surface area contributed by atoms with Crippen molar-refractivity contribution < 1.29 is 0 Å². The zero-order valence-corrected chi connectivity index (χ0v) is 10.6. The molecule has 4 heteroatoms. The van der Waals surface area contributed by atoms with E-state index in [1.54, 1.807) is 0 Å². The van der Waals surface area contributed by atoms with Gasteiger partial charge in [0.2, 0.25) is 0 Å². The number of nitrogens with zero attached hydrogens (tertiary/aromatic N) is 1. The highest BCUT2D eigenvalue weighted by molar-refractivity contribution is 8.76. The maximum absolute atomic E-state index is 3.53. The average molecular weight is 232 g/mol. The quantitative estimate of drug-likeness (QED) is 0.746. The minimum atomic E-state index is 0.472. The van der Waals surface area contributed by atoms with Crippen LogP contribution in [0.3, 0.4) is 0 Å². The molecule has 1 aliphatic carbocycles. The lowest BCUT2D eigenvalue weighted by atomic mass is 9.76. The molecule has 0 radical (unpaired) electrons.